The maximum absolute atomic E-state index is 12.6. The number of aliphatic hydroxyl groups excluding tert-OH is 2. The molecule has 3 rings (SSSR count). The predicted molar refractivity (Wildman–Crippen MR) is 88.2 cm³/mol. The van der Waals surface area contributed by atoms with E-state index in [-0.39, 0.29) is 18.1 Å². The van der Waals surface area contributed by atoms with E-state index in [1.807, 2.05) is 39.8 Å². The molecule has 0 bridgehead atoms. The van der Waals surface area contributed by atoms with Crippen molar-refractivity contribution in [3.05, 3.63) is 34.4 Å². The third-order valence-electron chi connectivity index (χ3n) is 5.27. The van der Waals surface area contributed by atoms with E-state index in [0.717, 1.165) is 22.3 Å². The molecule has 23 heavy (non-hydrogen) atoms. The summed E-state index contributed by atoms with van der Waals surface area (Å²) in [4.78, 5) is 12.6. The smallest absolute Gasteiger partial charge is 0.160 e. The number of rotatable bonds is 2. The molecule has 1 aromatic carbocycles. The Bertz CT molecular complexity index is 716. The SMILES string of the molecule is COc1cc(C)cc2c1[C@H](O)[C@H](O)[C@]1(C)CC(=O)C(C(C)C)=C21. The largest absolute Gasteiger partial charge is 0.496 e. The molecule has 2 N–H and O–H groups in total. The molecule has 0 saturated heterocycles. The lowest BCUT2D eigenvalue weighted by molar-refractivity contribution is -0.118. The van der Waals surface area contributed by atoms with Crippen LogP contribution in [0, 0.1) is 18.3 Å². The number of fused-ring (bicyclic) bond motifs is 3. The molecule has 4 heteroatoms. The number of carbonyl (C=O) groups is 1. The lowest BCUT2D eigenvalue weighted by atomic mass is 9.65. The number of hydrogen-bond donors (Lipinski definition) is 2. The summed E-state index contributed by atoms with van der Waals surface area (Å²) < 4.78 is 5.44. The van der Waals surface area contributed by atoms with Crippen LogP contribution >= 0.6 is 0 Å². The summed E-state index contributed by atoms with van der Waals surface area (Å²) in [6, 6.07) is 3.84. The molecule has 0 unspecified atom stereocenters. The molecule has 0 saturated carbocycles. The fourth-order valence-electron chi connectivity index (χ4n) is 4.23. The Labute approximate surface area is 136 Å². The number of carbonyl (C=O) groups excluding carboxylic acids is 1. The molecule has 0 radical (unpaired) electrons. The number of Topliss-reactive ketones (excluding diaryl/α,β-unsaturated/α-hetero) is 1. The molecule has 0 aromatic heterocycles. The van der Waals surface area contributed by atoms with Gasteiger partial charge in [0, 0.05) is 23.0 Å². The van der Waals surface area contributed by atoms with Gasteiger partial charge in [0.1, 0.15) is 11.9 Å². The number of methoxy groups -OCH3 is 1. The van der Waals surface area contributed by atoms with Gasteiger partial charge in [0.25, 0.3) is 0 Å². The molecule has 0 aliphatic heterocycles. The minimum atomic E-state index is -1.06. The standard InChI is InChI=1S/C19H24O4/c1-9(2)14-12(20)8-19(4)16(14)11-6-10(3)7-13(23-5)15(11)17(21)18(19)22/h6-7,9,17-18,21-22H,8H2,1-5H3/t17-,18-,19+/m0/s1. The van der Waals surface area contributed by atoms with Crippen molar-refractivity contribution in [2.45, 2.75) is 46.3 Å². The van der Waals surface area contributed by atoms with Gasteiger partial charge in [-0.2, -0.15) is 0 Å². The van der Waals surface area contributed by atoms with Gasteiger partial charge in [-0.15, -0.1) is 0 Å². The van der Waals surface area contributed by atoms with Crippen LogP contribution in [0.5, 0.6) is 5.75 Å². The number of benzene rings is 1. The number of aliphatic hydroxyl groups is 2. The van der Waals surface area contributed by atoms with Crippen molar-refractivity contribution in [1.82, 2.24) is 0 Å². The summed E-state index contributed by atoms with van der Waals surface area (Å²) in [5.74, 6) is 0.696. The molecule has 0 amide bonds. The molecule has 4 nitrogen and oxygen atoms in total. The van der Waals surface area contributed by atoms with Crippen LogP contribution in [-0.4, -0.2) is 29.2 Å². The minimum Gasteiger partial charge on any atom is -0.496 e. The van der Waals surface area contributed by atoms with Gasteiger partial charge < -0.3 is 14.9 Å². The van der Waals surface area contributed by atoms with Crippen molar-refractivity contribution >= 4 is 11.4 Å². The van der Waals surface area contributed by atoms with Crippen molar-refractivity contribution in [2.75, 3.05) is 7.11 Å². The first-order valence-electron chi connectivity index (χ1n) is 8.05. The monoisotopic (exact) mass is 316 g/mol. The topological polar surface area (TPSA) is 66.8 Å². The summed E-state index contributed by atoms with van der Waals surface area (Å²) in [5.41, 5.74) is 3.34. The van der Waals surface area contributed by atoms with Gasteiger partial charge in [-0.05, 0) is 35.6 Å². The van der Waals surface area contributed by atoms with Gasteiger partial charge in [0.15, 0.2) is 5.78 Å². The van der Waals surface area contributed by atoms with Crippen molar-refractivity contribution in [3.63, 3.8) is 0 Å². The average molecular weight is 316 g/mol. The van der Waals surface area contributed by atoms with Gasteiger partial charge in [-0.1, -0.05) is 26.8 Å². The summed E-state index contributed by atoms with van der Waals surface area (Å²) in [6.07, 6.45) is -1.85. The van der Waals surface area contributed by atoms with Crippen LogP contribution in [0.4, 0.5) is 0 Å². The van der Waals surface area contributed by atoms with Crippen LogP contribution in [0.3, 0.4) is 0 Å². The average Bonchev–Trinajstić information content (AvgIpc) is 2.76. The number of ether oxygens (including phenoxy) is 1. The summed E-state index contributed by atoms with van der Waals surface area (Å²) in [5, 5.41) is 21.5. The molecule has 2 aliphatic carbocycles. The van der Waals surface area contributed by atoms with Crippen molar-refractivity contribution in [3.8, 4) is 5.75 Å². The number of aryl methyl sites for hydroxylation is 1. The Hall–Kier alpha value is -1.65. The van der Waals surface area contributed by atoms with E-state index in [0.29, 0.717) is 11.3 Å². The van der Waals surface area contributed by atoms with E-state index in [4.69, 9.17) is 4.74 Å². The van der Waals surface area contributed by atoms with Crippen molar-refractivity contribution < 1.29 is 19.7 Å². The summed E-state index contributed by atoms with van der Waals surface area (Å²) >= 11 is 0. The zero-order valence-electron chi connectivity index (χ0n) is 14.3. The second-order valence-corrected chi connectivity index (χ2v) is 7.28. The molecule has 0 spiro atoms. The van der Waals surface area contributed by atoms with E-state index in [2.05, 4.69) is 0 Å². The van der Waals surface area contributed by atoms with Crippen LogP contribution in [0.25, 0.3) is 5.57 Å². The molecular weight excluding hydrogens is 292 g/mol. The number of allylic oxidation sites excluding steroid dienone is 1. The van der Waals surface area contributed by atoms with Gasteiger partial charge >= 0.3 is 0 Å². The summed E-state index contributed by atoms with van der Waals surface area (Å²) in [7, 11) is 1.56. The maximum atomic E-state index is 12.6. The Kier molecular flexibility index (Phi) is 3.65. The van der Waals surface area contributed by atoms with Crippen molar-refractivity contribution in [2.24, 2.45) is 11.3 Å². The molecular formula is C19H24O4. The zero-order valence-corrected chi connectivity index (χ0v) is 14.3. The highest BCUT2D eigenvalue weighted by atomic mass is 16.5. The quantitative estimate of drug-likeness (QED) is 0.880. The van der Waals surface area contributed by atoms with Crippen molar-refractivity contribution in [1.29, 1.82) is 0 Å². The van der Waals surface area contributed by atoms with E-state index >= 15 is 0 Å². The molecule has 1 aromatic rings. The Morgan fingerprint density at radius 2 is 1.96 bits per heavy atom. The summed E-state index contributed by atoms with van der Waals surface area (Å²) in [6.45, 7) is 7.83. The van der Waals surface area contributed by atoms with Crippen LogP contribution in [0.2, 0.25) is 0 Å². The first kappa shape index (κ1) is 16.2. The van der Waals surface area contributed by atoms with Gasteiger partial charge in [0.2, 0.25) is 0 Å². The molecule has 2 aliphatic rings. The highest BCUT2D eigenvalue weighted by molar-refractivity contribution is 6.10. The zero-order chi connectivity index (χ0) is 17.1. The fourth-order valence-corrected chi connectivity index (χ4v) is 4.23. The molecule has 0 fully saturated rings. The van der Waals surface area contributed by atoms with Crippen LogP contribution < -0.4 is 4.74 Å². The molecule has 124 valence electrons. The second-order valence-electron chi connectivity index (χ2n) is 7.28. The van der Waals surface area contributed by atoms with E-state index in [1.165, 1.54) is 0 Å². The second kappa shape index (κ2) is 5.18. The van der Waals surface area contributed by atoms with Crippen LogP contribution in [-0.2, 0) is 4.79 Å². The highest BCUT2D eigenvalue weighted by Crippen LogP contribution is 2.58. The van der Waals surface area contributed by atoms with Gasteiger partial charge in [-0.25, -0.2) is 0 Å². The third kappa shape index (κ3) is 2.08. The molecule has 3 atom stereocenters. The normalized spacial score (nSPS) is 29.8. The highest BCUT2D eigenvalue weighted by Gasteiger charge is 2.54. The predicted octanol–water partition coefficient (Wildman–Crippen LogP) is 2.80. The fraction of sp³-hybridized carbons (Fsp3) is 0.526. The Morgan fingerprint density at radius 3 is 2.52 bits per heavy atom. The van der Waals surface area contributed by atoms with Crippen LogP contribution in [0.1, 0.15) is 50.0 Å². The van der Waals surface area contributed by atoms with Gasteiger partial charge in [0.05, 0.1) is 13.2 Å². The third-order valence-corrected chi connectivity index (χ3v) is 5.27. The van der Waals surface area contributed by atoms with Crippen LogP contribution in [0.15, 0.2) is 17.7 Å². The molecule has 0 heterocycles. The minimum absolute atomic E-state index is 0.0667. The Morgan fingerprint density at radius 1 is 1.30 bits per heavy atom. The van der Waals surface area contributed by atoms with Gasteiger partial charge in [-0.3, -0.25) is 4.79 Å². The lowest BCUT2D eigenvalue weighted by Crippen LogP contribution is -2.41. The first-order chi connectivity index (χ1) is 10.7. The number of ketones is 1. The first-order valence-corrected chi connectivity index (χ1v) is 8.05. The Balaban J connectivity index is 2.42. The maximum Gasteiger partial charge on any atom is 0.160 e. The van der Waals surface area contributed by atoms with E-state index in [1.54, 1.807) is 7.11 Å². The lowest BCUT2D eigenvalue weighted by Gasteiger charge is -2.42. The number of hydrogen-bond acceptors (Lipinski definition) is 4. The van der Waals surface area contributed by atoms with E-state index in [9.17, 15) is 15.0 Å². The van der Waals surface area contributed by atoms with E-state index < -0.39 is 17.6 Å².